The van der Waals surface area contributed by atoms with Crippen molar-refractivity contribution in [1.82, 2.24) is 19.7 Å². The molecule has 0 amide bonds. The second-order valence-electron chi connectivity index (χ2n) is 7.43. The van der Waals surface area contributed by atoms with Gasteiger partial charge in [0.25, 0.3) is 0 Å². The Morgan fingerprint density at radius 3 is 2.63 bits per heavy atom. The van der Waals surface area contributed by atoms with E-state index in [4.69, 9.17) is 5.10 Å². The number of aromatic nitrogens is 3. The lowest BCUT2D eigenvalue weighted by Gasteiger charge is -2.22. The van der Waals surface area contributed by atoms with E-state index in [1.165, 1.54) is 11.1 Å². The molecule has 1 N–H and O–H groups in total. The van der Waals surface area contributed by atoms with E-state index in [9.17, 15) is 4.79 Å². The average Bonchev–Trinajstić information content (AvgIpc) is 3.02. The van der Waals surface area contributed by atoms with Crippen molar-refractivity contribution in [3.8, 4) is 5.69 Å². The monoisotopic (exact) mass is 362 g/mol. The first-order chi connectivity index (χ1) is 13.1. The topological polar surface area (TPSA) is 51.9 Å². The van der Waals surface area contributed by atoms with E-state index in [2.05, 4.69) is 37.4 Å². The highest BCUT2D eigenvalue weighted by atomic mass is 16.2. The highest BCUT2D eigenvalue weighted by molar-refractivity contribution is 5.34. The van der Waals surface area contributed by atoms with Crippen molar-refractivity contribution in [3.63, 3.8) is 0 Å². The van der Waals surface area contributed by atoms with Gasteiger partial charge in [0, 0.05) is 12.5 Å². The van der Waals surface area contributed by atoms with E-state index in [-0.39, 0.29) is 11.6 Å². The average molecular weight is 362 g/mol. The van der Waals surface area contributed by atoms with Crippen molar-refractivity contribution in [3.05, 3.63) is 81.5 Å². The summed E-state index contributed by atoms with van der Waals surface area (Å²) in [5.74, 6) is 1.12. The quantitative estimate of drug-likeness (QED) is 0.776. The van der Waals surface area contributed by atoms with Gasteiger partial charge in [-0.15, -0.1) is 0 Å². The minimum absolute atomic E-state index is 0.0694. The van der Waals surface area contributed by atoms with Gasteiger partial charge in [0.15, 0.2) is 0 Å². The fourth-order valence-electron chi connectivity index (χ4n) is 3.76. The van der Waals surface area contributed by atoms with Crippen LogP contribution in [0.5, 0.6) is 0 Å². The van der Waals surface area contributed by atoms with E-state index in [0.717, 1.165) is 43.0 Å². The molecule has 1 aliphatic heterocycles. The van der Waals surface area contributed by atoms with Crippen LogP contribution in [0.2, 0.25) is 0 Å². The summed E-state index contributed by atoms with van der Waals surface area (Å²) in [4.78, 5) is 13.2. The number of para-hydroxylation sites is 1. The molecule has 1 fully saturated rings. The molecular weight excluding hydrogens is 336 g/mol. The molecule has 1 aromatic heterocycles. The van der Waals surface area contributed by atoms with Crippen LogP contribution in [0.25, 0.3) is 5.69 Å². The van der Waals surface area contributed by atoms with Gasteiger partial charge in [-0.3, -0.25) is 0 Å². The molecule has 0 spiro atoms. The highest BCUT2D eigenvalue weighted by Gasteiger charge is 2.24. The van der Waals surface area contributed by atoms with Gasteiger partial charge < -0.3 is 5.32 Å². The van der Waals surface area contributed by atoms with Gasteiger partial charge in [0.2, 0.25) is 0 Å². The molecular formula is C22H26N4O. The van der Waals surface area contributed by atoms with Crippen molar-refractivity contribution in [1.29, 1.82) is 0 Å². The Morgan fingerprint density at radius 1 is 1.11 bits per heavy atom. The number of nitrogens with one attached hydrogen (secondary N) is 1. The molecule has 27 heavy (non-hydrogen) atoms. The summed E-state index contributed by atoms with van der Waals surface area (Å²) in [6.45, 7) is 6.60. The predicted octanol–water partition coefficient (Wildman–Crippen LogP) is 3.17. The first-order valence-corrected chi connectivity index (χ1v) is 9.65. The number of nitrogens with zero attached hydrogens (tertiary/aromatic N) is 3. The number of piperidine rings is 1. The Labute approximate surface area is 159 Å². The summed E-state index contributed by atoms with van der Waals surface area (Å²) in [6, 6.07) is 16.2. The van der Waals surface area contributed by atoms with Crippen LogP contribution in [0.4, 0.5) is 0 Å². The molecule has 1 aliphatic rings. The van der Waals surface area contributed by atoms with Crippen LogP contribution in [0.15, 0.2) is 53.3 Å². The number of hydrogen-bond acceptors (Lipinski definition) is 3. The molecule has 1 saturated heterocycles. The Balaban J connectivity index is 1.77. The zero-order chi connectivity index (χ0) is 18.8. The molecule has 1 atom stereocenters. The third kappa shape index (κ3) is 3.60. The molecule has 0 radical (unpaired) electrons. The lowest BCUT2D eigenvalue weighted by atomic mass is 9.99. The highest BCUT2D eigenvalue weighted by Crippen LogP contribution is 2.23. The minimum atomic E-state index is -0.0694. The molecule has 140 valence electrons. The van der Waals surface area contributed by atoms with Crippen LogP contribution >= 0.6 is 0 Å². The molecule has 0 bridgehead atoms. The second kappa shape index (κ2) is 7.53. The molecule has 5 nitrogen and oxygen atoms in total. The van der Waals surface area contributed by atoms with Crippen LogP contribution in [-0.4, -0.2) is 27.4 Å². The van der Waals surface area contributed by atoms with Crippen LogP contribution < -0.4 is 11.0 Å². The smallest absolute Gasteiger partial charge is 0.316 e. The van der Waals surface area contributed by atoms with Gasteiger partial charge >= 0.3 is 5.69 Å². The molecule has 0 saturated carbocycles. The third-order valence-corrected chi connectivity index (χ3v) is 5.44. The van der Waals surface area contributed by atoms with Crippen LogP contribution in [0, 0.1) is 13.8 Å². The van der Waals surface area contributed by atoms with Crippen molar-refractivity contribution in [2.24, 2.45) is 0 Å². The van der Waals surface area contributed by atoms with Crippen LogP contribution in [0.1, 0.15) is 41.3 Å². The zero-order valence-electron chi connectivity index (χ0n) is 16.0. The molecule has 2 heterocycles. The minimum Gasteiger partial charge on any atom is -0.316 e. The van der Waals surface area contributed by atoms with Crippen molar-refractivity contribution >= 4 is 0 Å². The summed E-state index contributed by atoms with van der Waals surface area (Å²) >= 11 is 0. The largest absolute Gasteiger partial charge is 0.350 e. The fourth-order valence-corrected chi connectivity index (χ4v) is 3.76. The van der Waals surface area contributed by atoms with E-state index in [1.54, 1.807) is 9.25 Å². The SMILES string of the molecule is Cc1ccc(Cn2nc([C@@H]3CCCNC3)n(-c3ccccc3)c2=O)cc1C. The lowest BCUT2D eigenvalue weighted by molar-refractivity contribution is 0.439. The fraction of sp³-hybridized carbons (Fsp3) is 0.364. The Bertz CT molecular complexity index is 981. The van der Waals surface area contributed by atoms with E-state index < -0.39 is 0 Å². The lowest BCUT2D eigenvalue weighted by Crippen LogP contribution is -2.31. The van der Waals surface area contributed by atoms with Gasteiger partial charge in [-0.05, 0) is 62.1 Å². The first kappa shape index (κ1) is 17.7. The number of aryl methyl sites for hydroxylation is 2. The molecule has 0 unspecified atom stereocenters. The normalized spacial score (nSPS) is 17.2. The molecule has 5 heteroatoms. The van der Waals surface area contributed by atoms with E-state index in [1.807, 2.05) is 30.3 Å². The van der Waals surface area contributed by atoms with Crippen LogP contribution in [0.3, 0.4) is 0 Å². The summed E-state index contributed by atoms with van der Waals surface area (Å²) in [5, 5.41) is 8.22. The maximum Gasteiger partial charge on any atom is 0.350 e. The summed E-state index contributed by atoms with van der Waals surface area (Å²) in [6.07, 6.45) is 2.16. The molecule has 2 aromatic carbocycles. The molecule has 0 aliphatic carbocycles. The second-order valence-corrected chi connectivity index (χ2v) is 7.43. The third-order valence-electron chi connectivity index (χ3n) is 5.44. The first-order valence-electron chi connectivity index (χ1n) is 9.65. The van der Waals surface area contributed by atoms with Crippen molar-refractivity contribution in [2.75, 3.05) is 13.1 Å². The summed E-state index contributed by atoms with van der Waals surface area (Å²) in [7, 11) is 0. The van der Waals surface area contributed by atoms with Crippen molar-refractivity contribution < 1.29 is 0 Å². The number of benzene rings is 2. The van der Waals surface area contributed by atoms with Gasteiger partial charge in [-0.25, -0.2) is 14.0 Å². The van der Waals surface area contributed by atoms with Gasteiger partial charge in [-0.2, -0.15) is 5.10 Å². The van der Waals surface area contributed by atoms with Gasteiger partial charge in [0.1, 0.15) is 5.82 Å². The Hall–Kier alpha value is -2.66. The molecule has 4 rings (SSSR count). The zero-order valence-corrected chi connectivity index (χ0v) is 16.0. The van der Waals surface area contributed by atoms with E-state index >= 15 is 0 Å². The van der Waals surface area contributed by atoms with Gasteiger partial charge in [0.05, 0.1) is 12.2 Å². The van der Waals surface area contributed by atoms with E-state index in [0.29, 0.717) is 6.54 Å². The van der Waals surface area contributed by atoms with Crippen molar-refractivity contribution in [2.45, 2.75) is 39.2 Å². The summed E-state index contributed by atoms with van der Waals surface area (Å²) in [5.41, 5.74) is 4.41. The maximum absolute atomic E-state index is 13.2. The predicted molar refractivity (Wildman–Crippen MR) is 108 cm³/mol. The summed E-state index contributed by atoms with van der Waals surface area (Å²) < 4.78 is 3.40. The van der Waals surface area contributed by atoms with Crippen LogP contribution in [-0.2, 0) is 6.54 Å². The standard InChI is InChI=1S/C22H26N4O/c1-16-10-11-18(13-17(16)2)15-25-22(27)26(20-8-4-3-5-9-20)21(24-25)19-7-6-12-23-14-19/h3-5,8-11,13,19,23H,6-7,12,14-15H2,1-2H3/t19-/m1/s1. The maximum atomic E-state index is 13.2. The Morgan fingerprint density at radius 2 is 1.93 bits per heavy atom. The number of hydrogen-bond donors (Lipinski definition) is 1. The molecule has 3 aromatic rings. The number of rotatable bonds is 4. The Kier molecular flexibility index (Phi) is 4.94. The van der Waals surface area contributed by atoms with Gasteiger partial charge in [-0.1, -0.05) is 36.4 Å².